The first kappa shape index (κ1) is 16.5. The SMILES string of the molecule is CSCC(C)(O)CNC(=O)c1c(C)cccc1[N+](=O)[O-]. The normalized spacial score (nSPS) is 13.6. The van der Waals surface area contributed by atoms with Gasteiger partial charge in [-0.05, 0) is 25.7 Å². The van der Waals surface area contributed by atoms with Crippen LogP contribution in [0.3, 0.4) is 0 Å². The molecule has 0 radical (unpaired) electrons. The first-order chi connectivity index (χ1) is 9.28. The predicted octanol–water partition coefficient (Wildman–Crippen LogP) is 1.75. The molecular formula is C13H18N2O4S. The van der Waals surface area contributed by atoms with Crippen molar-refractivity contribution in [1.82, 2.24) is 5.32 Å². The molecule has 1 atom stereocenters. The highest BCUT2D eigenvalue weighted by atomic mass is 32.2. The van der Waals surface area contributed by atoms with Gasteiger partial charge in [0.2, 0.25) is 0 Å². The van der Waals surface area contributed by atoms with Crippen molar-refractivity contribution in [3.63, 3.8) is 0 Å². The Hall–Kier alpha value is -1.60. The minimum absolute atomic E-state index is 0.0393. The van der Waals surface area contributed by atoms with Crippen molar-refractivity contribution in [2.45, 2.75) is 19.4 Å². The number of benzene rings is 1. The zero-order valence-corrected chi connectivity index (χ0v) is 12.5. The van der Waals surface area contributed by atoms with E-state index >= 15 is 0 Å². The molecule has 7 heteroatoms. The molecule has 0 aromatic heterocycles. The summed E-state index contributed by atoms with van der Waals surface area (Å²) >= 11 is 1.46. The molecular weight excluding hydrogens is 280 g/mol. The number of carbonyl (C=O) groups excluding carboxylic acids is 1. The molecule has 1 unspecified atom stereocenters. The largest absolute Gasteiger partial charge is 0.387 e. The molecule has 0 aliphatic heterocycles. The number of hydrogen-bond donors (Lipinski definition) is 2. The molecule has 0 aliphatic rings. The highest BCUT2D eigenvalue weighted by molar-refractivity contribution is 7.98. The van der Waals surface area contributed by atoms with Crippen LogP contribution in [0.5, 0.6) is 0 Å². The number of amides is 1. The first-order valence-electron chi connectivity index (χ1n) is 6.02. The second kappa shape index (κ2) is 6.71. The summed E-state index contributed by atoms with van der Waals surface area (Å²) in [5.41, 5.74) is -0.710. The van der Waals surface area contributed by atoms with Gasteiger partial charge in [0.25, 0.3) is 11.6 Å². The van der Waals surface area contributed by atoms with Crippen LogP contribution in [0.2, 0.25) is 0 Å². The molecule has 1 rings (SSSR count). The molecule has 0 fully saturated rings. The number of aliphatic hydroxyl groups is 1. The second-order valence-corrected chi connectivity index (χ2v) is 5.70. The fourth-order valence-electron chi connectivity index (χ4n) is 1.82. The number of aryl methyl sites for hydroxylation is 1. The van der Waals surface area contributed by atoms with E-state index in [0.717, 1.165) is 0 Å². The quantitative estimate of drug-likeness (QED) is 0.616. The van der Waals surface area contributed by atoms with Crippen molar-refractivity contribution in [3.8, 4) is 0 Å². The van der Waals surface area contributed by atoms with Gasteiger partial charge in [0.05, 0.1) is 10.5 Å². The van der Waals surface area contributed by atoms with Crippen LogP contribution in [-0.4, -0.2) is 40.1 Å². The first-order valence-corrected chi connectivity index (χ1v) is 7.41. The maximum atomic E-state index is 12.1. The number of rotatable bonds is 6. The van der Waals surface area contributed by atoms with Crippen LogP contribution < -0.4 is 5.32 Å². The lowest BCUT2D eigenvalue weighted by Gasteiger charge is -2.22. The topological polar surface area (TPSA) is 92.5 Å². The predicted molar refractivity (Wildman–Crippen MR) is 79.2 cm³/mol. The van der Waals surface area contributed by atoms with Crippen molar-refractivity contribution in [2.75, 3.05) is 18.6 Å². The number of thioether (sulfide) groups is 1. The third-order valence-corrected chi connectivity index (χ3v) is 3.67. The number of nitrogens with one attached hydrogen (secondary N) is 1. The zero-order chi connectivity index (χ0) is 15.3. The Labute approximate surface area is 121 Å². The van der Waals surface area contributed by atoms with Gasteiger partial charge in [-0.15, -0.1) is 0 Å². The molecule has 0 bridgehead atoms. The zero-order valence-electron chi connectivity index (χ0n) is 11.7. The van der Waals surface area contributed by atoms with E-state index in [0.29, 0.717) is 11.3 Å². The van der Waals surface area contributed by atoms with Crippen molar-refractivity contribution in [1.29, 1.82) is 0 Å². The summed E-state index contributed by atoms with van der Waals surface area (Å²) < 4.78 is 0. The molecule has 20 heavy (non-hydrogen) atoms. The lowest BCUT2D eigenvalue weighted by Crippen LogP contribution is -2.42. The van der Waals surface area contributed by atoms with E-state index < -0.39 is 16.4 Å². The maximum absolute atomic E-state index is 12.1. The average Bonchev–Trinajstić information content (AvgIpc) is 2.35. The Morgan fingerprint density at radius 2 is 2.20 bits per heavy atom. The van der Waals surface area contributed by atoms with Crippen molar-refractivity contribution in [3.05, 3.63) is 39.4 Å². The second-order valence-electron chi connectivity index (χ2n) is 4.84. The summed E-state index contributed by atoms with van der Waals surface area (Å²) in [7, 11) is 0. The third-order valence-electron chi connectivity index (χ3n) is 2.76. The number of nitrogens with zero attached hydrogens (tertiary/aromatic N) is 1. The number of hydrogen-bond acceptors (Lipinski definition) is 5. The van der Waals surface area contributed by atoms with Crippen LogP contribution in [0, 0.1) is 17.0 Å². The van der Waals surface area contributed by atoms with Gasteiger partial charge in [-0.1, -0.05) is 12.1 Å². The standard InChI is InChI=1S/C13H18N2O4S/c1-9-5-4-6-10(15(18)19)11(9)12(16)14-7-13(2,17)8-20-3/h4-6,17H,7-8H2,1-3H3,(H,14,16). The van der Waals surface area contributed by atoms with Gasteiger partial charge in [0.1, 0.15) is 5.56 Å². The Kier molecular flexibility index (Phi) is 5.52. The number of carbonyl (C=O) groups is 1. The van der Waals surface area contributed by atoms with Gasteiger partial charge in [-0.2, -0.15) is 11.8 Å². The summed E-state index contributed by atoms with van der Waals surface area (Å²) in [6.07, 6.45) is 1.85. The van der Waals surface area contributed by atoms with E-state index in [1.54, 1.807) is 19.9 Å². The fraction of sp³-hybridized carbons (Fsp3) is 0.462. The van der Waals surface area contributed by atoms with Gasteiger partial charge < -0.3 is 10.4 Å². The van der Waals surface area contributed by atoms with E-state index in [4.69, 9.17) is 0 Å². The summed E-state index contributed by atoms with van der Waals surface area (Å²) in [5, 5.41) is 23.5. The van der Waals surface area contributed by atoms with Gasteiger partial charge in [0.15, 0.2) is 0 Å². The molecule has 0 heterocycles. The third kappa shape index (κ3) is 4.21. The molecule has 0 saturated heterocycles. The minimum atomic E-state index is -1.05. The van der Waals surface area contributed by atoms with E-state index in [9.17, 15) is 20.0 Å². The molecule has 110 valence electrons. The number of nitro benzene ring substituents is 1. The van der Waals surface area contributed by atoms with E-state index in [-0.39, 0.29) is 17.8 Å². The average molecular weight is 298 g/mol. The van der Waals surface area contributed by atoms with Gasteiger partial charge >= 0.3 is 0 Å². The molecule has 6 nitrogen and oxygen atoms in total. The van der Waals surface area contributed by atoms with Crippen molar-refractivity contribution >= 4 is 23.4 Å². The molecule has 1 aromatic rings. The van der Waals surface area contributed by atoms with Gasteiger partial charge in [-0.25, -0.2) is 0 Å². The van der Waals surface area contributed by atoms with Gasteiger partial charge in [-0.3, -0.25) is 14.9 Å². The van der Waals surface area contributed by atoms with E-state index in [1.807, 2.05) is 6.26 Å². The summed E-state index contributed by atoms with van der Waals surface area (Å²) in [4.78, 5) is 22.5. The Bertz CT molecular complexity index is 517. The van der Waals surface area contributed by atoms with Crippen LogP contribution >= 0.6 is 11.8 Å². The lowest BCUT2D eigenvalue weighted by atomic mass is 10.0. The van der Waals surface area contributed by atoms with Crippen LogP contribution in [0.4, 0.5) is 5.69 Å². The summed E-state index contributed by atoms with van der Waals surface area (Å²) in [6.45, 7) is 3.29. The van der Waals surface area contributed by atoms with E-state index in [1.165, 1.54) is 23.9 Å². The Morgan fingerprint density at radius 1 is 1.55 bits per heavy atom. The molecule has 1 aromatic carbocycles. The highest BCUT2D eigenvalue weighted by Crippen LogP contribution is 2.21. The summed E-state index contributed by atoms with van der Waals surface area (Å²) in [6, 6.07) is 4.47. The van der Waals surface area contributed by atoms with Crippen LogP contribution in [0.25, 0.3) is 0 Å². The van der Waals surface area contributed by atoms with Crippen LogP contribution in [-0.2, 0) is 0 Å². The fourth-order valence-corrected chi connectivity index (χ4v) is 2.54. The van der Waals surface area contributed by atoms with E-state index in [2.05, 4.69) is 5.32 Å². The maximum Gasteiger partial charge on any atom is 0.282 e. The van der Waals surface area contributed by atoms with Crippen molar-refractivity contribution < 1.29 is 14.8 Å². The molecule has 0 aliphatic carbocycles. The van der Waals surface area contributed by atoms with Crippen LogP contribution in [0.15, 0.2) is 18.2 Å². The Balaban J connectivity index is 2.91. The monoisotopic (exact) mass is 298 g/mol. The molecule has 0 spiro atoms. The molecule has 1 amide bonds. The van der Waals surface area contributed by atoms with Gasteiger partial charge in [0, 0.05) is 18.4 Å². The molecule has 0 saturated carbocycles. The summed E-state index contributed by atoms with van der Waals surface area (Å²) in [5.74, 6) is -0.0838. The lowest BCUT2D eigenvalue weighted by molar-refractivity contribution is -0.385. The van der Waals surface area contributed by atoms with Crippen molar-refractivity contribution in [2.24, 2.45) is 0 Å². The Morgan fingerprint density at radius 3 is 2.75 bits per heavy atom. The van der Waals surface area contributed by atoms with Crippen LogP contribution in [0.1, 0.15) is 22.8 Å². The number of nitro groups is 1. The highest BCUT2D eigenvalue weighted by Gasteiger charge is 2.25. The minimum Gasteiger partial charge on any atom is -0.387 e. The molecule has 2 N–H and O–H groups in total. The smallest absolute Gasteiger partial charge is 0.282 e.